The van der Waals surface area contributed by atoms with Crippen molar-refractivity contribution in [3.05, 3.63) is 81.5 Å². The Morgan fingerprint density at radius 2 is 1.91 bits per heavy atom. The summed E-state index contributed by atoms with van der Waals surface area (Å²) in [6, 6.07) is 17.9. The van der Waals surface area contributed by atoms with Crippen LogP contribution in [-0.4, -0.2) is 15.6 Å². The Morgan fingerprint density at radius 3 is 2.61 bits per heavy atom. The van der Waals surface area contributed by atoms with Crippen LogP contribution in [0.25, 0.3) is 16.9 Å². The molecule has 1 heterocycles. The van der Waals surface area contributed by atoms with Gasteiger partial charge in [-0.15, -0.1) is 0 Å². The van der Waals surface area contributed by atoms with Gasteiger partial charge in [-0.05, 0) is 43.4 Å². The van der Waals surface area contributed by atoms with Crippen molar-refractivity contribution in [1.29, 1.82) is 5.26 Å². The van der Waals surface area contributed by atoms with Gasteiger partial charge in [-0.3, -0.25) is 4.79 Å². The Bertz CT molecular complexity index is 1340. The third-order valence-electron chi connectivity index (χ3n) is 7.14. The maximum atomic E-state index is 12.9. The summed E-state index contributed by atoms with van der Waals surface area (Å²) in [5.74, 6) is -0.0353. The fraction of sp³-hybridized carbons (Fsp3) is 0.296. The molecule has 0 saturated carbocycles. The zero-order chi connectivity index (χ0) is 23.3. The third-order valence-corrected chi connectivity index (χ3v) is 7.88. The normalized spacial score (nSPS) is 24.3. The zero-order valence-corrected chi connectivity index (χ0v) is 20.0. The number of fused-ring (bicyclic) bond motifs is 4. The second kappa shape index (κ2) is 8.17. The van der Waals surface area contributed by atoms with Gasteiger partial charge >= 0.3 is 0 Å². The second-order valence-electron chi connectivity index (χ2n) is 9.30. The molecule has 2 aromatic carbocycles. The Labute approximate surface area is 203 Å². The van der Waals surface area contributed by atoms with E-state index in [0.717, 1.165) is 47.5 Å². The highest BCUT2D eigenvalue weighted by atomic mass is 35.5. The molecular weight excluding hydrogens is 453 g/mol. The number of hydrogen-bond acceptors (Lipinski definition) is 3. The summed E-state index contributed by atoms with van der Waals surface area (Å²) < 4.78 is 1.93. The Balaban J connectivity index is 1.80. The molecule has 33 heavy (non-hydrogen) atoms. The molecule has 0 radical (unpaired) electrons. The predicted molar refractivity (Wildman–Crippen MR) is 131 cm³/mol. The maximum Gasteiger partial charge on any atom is 0.176 e. The maximum absolute atomic E-state index is 12.9. The van der Waals surface area contributed by atoms with Gasteiger partial charge in [0.25, 0.3) is 0 Å². The van der Waals surface area contributed by atoms with E-state index >= 15 is 0 Å². The number of allylic oxidation sites excluding steroid dienone is 2. The fourth-order valence-corrected chi connectivity index (χ4v) is 5.70. The number of nitrogens with zero attached hydrogens (tertiary/aromatic N) is 3. The van der Waals surface area contributed by atoms with Crippen molar-refractivity contribution in [2.75, 3.05) is 0 Å². The van der Waals surface area contributed by atoms with Crippen LogP contribution in [0.3, 0.4) is 0 Å². The first-order valence-corrected chi connectivity index (χ1v) is 11.9. The quantitative estimate of drug-likeness (QED) is 0.412. The van der Waals surface area contributed by atoms with Crippen molar-refractivity contribution in [2.24, 2.45) is 11.8 Å². The first-order chi connectivity index (χ1) is 15.8. The predicted octanol–water partition coefficient (Wildman–Crippen LogP) is 6.73. The smallest absolute Gasteiger partial charge is 0.176 e. The molecule has 166 valence electrons. The molecule has 0 amide bonds. The molecule has 0 saturated heterocycles. The number of hydrogen-bond donors (Lipinski definition) is 0. The Hall–Kier alpha value is -2.87. The number of carbonyl (C=O) groups is 1. The lowest BCUT2D eigenvalue weighted by Gasteiger charge is -2.27. The highest BCUT2D eigenvalue weighted by Crippen LogP contribution is 2.47. The monoisotopic (exact) mass is 475 g/mol. The van der Waals surface area contributed by atoms with Gasteiger partial charge in [-0.1, -0.05) is 73.5 Å². The summed E-state index contributed by atoms with van der Waals surface area (Å²) in [6.07, 6.45) is 4.32. The summed E-state index contributed by atoms with van der Waals surface area (Å²) in [5.41, 5.74) is 4.69. The van der Waals surface area contributed by atoms with Crippen LogP contribution in [0.2, 0.25) is 10.0 Å². The molecule has 2 bridgehead atoms. The Kier molecular flexibility index (Phi) is 5.43. The van der Waals surface area contributed by atoms with E-state index in [0.29, 0.717) is 10.0 Å². The van der Waals surface area contributed by atoms with E-state index in [1.54, 1.807) is 6.07 Å². The SMILES string of the molecule is C[C@H]1C(=O)C(C#N)=C[C@]2(C)C[C@H]1CCc1c2nn(-c2ccc(Cl)c(Cl)c2)c1-c1ccccc1. The summed E-state index contributed by atoms with van der Waals surface area (Å²) in [4.78, 5) is 12.9. The molecule has 0 unspecified atom stereocenters. The number of halogens is 2. The van der Waals surface area contributed by atoms with Crippen molar-refractivity contribution in [1.82, 2.24) is 9.78 Å². The Morgan fingerprint density at radius 1 is 1.15 bits per heavy atom. The van der Waals surface area contributed by atoms with Crippen LogP contribution in [0, 0.1) is 23.2 Å². The standard InChI is InChI=1S/C27H23Cl2N3O/c1-16-18-8-10-21-24(17-6-4-3-5-7-17)32(20-9-11-22(28)23(29)12-20)31-26(21)27(2,13-18)14-19(15-30)25(16)33/h3-7,9,11-12,14,16,18H,8,10,13H2,1-2H3/t16-,18-,27+/m1/s1. The molecule has 0 aliphatic heterocycles. The molecule has 2 aliphatic carbocycles. The molecule has 0 spiro atoms. The highest BCUT2D eigenvalue weighted by Gasteiger charge is 2.44. The van der Waals surface area contributed by atoms with Gasteiger partial charge in [-0.2, -0.15) is 10.4 Å². The molecule has 2 aliphatic rings. The number of nitriles is 1. The zero-order valence-electron chi connectivity index (χ0n) is 18.5. The van der Waals surface area contributed by atoms with Crippen LogP contribution in [0.15, 0.2) is 60.2 Å². The molecular formula is C27H23Cl2N3O. The molecule has 1 aromatic heterocycles. The van der Waals surface area contributed by atoms with Crippen molar-refractivity contribution in [3.63, 3.8) is 0 Å². The van der Waals surface area contributed by atoms with Gasteiger partial charge < -0.3 is 0 Å². The molecule has 0 fully saturated rings. The third kappa shape index (κ3) is 3.60. The molecule has 6 heteroatoms. The number of Topliss-reactive ketones (excluding diaryl/α,β-unsaturated/α-hetero) is 1. The average Bonchev–Trinajstić information content (AvgIpc) is 3.11. The lowest BCUT2D eigenvalue weighted by atomic mass is 9.77. The largest absolute Gasteiger partial charge is 0.293 e. The van der Waals surface area contributed by atoms with Crippen LogP contribution in [0.1, 0.15) is 37.9 Å². The number of aromatic nitrogens is 2. The van der Waals surface area contributed by atoms with Gasteiger partial charge in [0.15, 0.2) is 5.78 Å². The number of ketones is 1. The highest BCUT2D eigenvalue weighted by molar-refractivity contribution is 6.42. The van der Waals surface area contributed by atoms with E-state index in [4.69, 9.17) is 28.3 Å². The van der Waals surface area contributed by atoms with Crippen LogP contribution >= 0.6 is 23.2 Å². The van der Waals surface area contributed by atoms with Gasteiger partial charge in [0.1, 0.15) is 6.07 Å². The number of benzene rings is 2. The van der Waals surface area contributed by atoms with Crippen molar-refractivity contribution in [2.45, 2.75) is 38.5 Å². The van der Waals surface area contributed by atoms with Gasteiger partial charge in [0.05, 0.1) is 32.7 Å². The van der Waals surface area contributed by atoms with E-state index in [9.17, 15) is 10.1 Å². The second-order valence-corrected chi connectivity index (χ2v) is 10.1. The van der Waals surface area contributed by atoms with E-state index in [1.807, 2.05) is 48.0 Å². The van der Waals surface area contributed by atoms with Crippen LogP contribution < -0.4 is 0 Å². The average molecular weight is 476 g/mol. The summed E-state index contributed by atoms with van der Waals surface area (Å²) in [6.45, 7) is 4.06. The molecule has 0 N–H and O–H groups in total. The van der Waals surface area contributed by atoms with Gasteiger partial charge in [0, 0.05) is 22.5 Å². The number of carbonyl (C=O) groups excluding carboxylic acids is 1. The van der Waals surface area contributed by atoms with Crippen molar-refractivity contribution >= 4 is 29.0 Å². The van der Waals surface area contributed by atoms with Crippen LogP contribution in [-0.2, 0) is 16.6 Å². The fourth-order valence-electron chi connectivity index (χ4n) is 5.41. The first-order valence-electron chi connectivity index (χ1n) is 11.1. The van der Waals surface area contributed by atoms with Crippen molar-refractivity contribution in [3.8, 4) is 23.0 Å². The molecule has 3 atom stereocenters. The van der Waals surface area contributed by atoms with Gasteiger partial charge in [0.2, 0.25) is 0 Å². The molecule has 3 aromatic rings. The van der Waals surface area contributed by atoms with E-state index < -0.39 is 5.41 Å². The minimum Gasteiger partial charge on any atom is -0.293 e. The van der Waals surface area contributed by atoms with Crippen LogP contribution in [0.5, 0.6) is 0 Å². The molecule has 5 rings (SSSR count). The van der Waals surface area contributed by atoms with Gasteiger partial charge in [-0.25, -0.2) is 4.68 Å². The lowest BCUT2D eigenvalue weighted by molar-refractivity contribution is -0.119. The minimum absolute atomic E-state index is 0.0538. The summed E-state index contributed by atoms with van der Waals surface area (Å²) in [5, 5.41) is 15.8. The lowest BCUT2D eigenvalue weighted by Crippen LogP contribution is -2.25. The van der Waals surface area contributed by atoms with E-state index in [2.05, 4.69) is 25.1 Å². The van der Waals surface area contributed by atoms with E-state index in [1.165, 1.54) is 0 Å². The number of rotatable bonds is 2. The first kappa shape index (κ1) is 21.9. The van der Waals surface area contributed by atoms with E-state index in [-0.39, 0.29) is 23.2 Å². The van der Waals surface area contributed by atoms with Crippen molar-refractivity contribution < 1.29 is 4.79 Å². The summed E-state index contributed by atoms with van der Waals surface area (Å²) >= 11 is 12.5. The minimum atomic E-state index is -0.521. The summed E-state index contributed by atoms with van der Waals surface area (Å²) in [7, 11) is 0. The van der Waals surface area contributed by atoms with Crippen LogP contribution in [0.4, 0.5) is 0 Å². The molecule has 4 nitrogen and oxygen atoms in total. The topological polar surface area (TPSA) is 58.7 Å².